The van der Waals surface area contributed by atoms with E-state index in [1.165, 1.54) is 11.0 Å². The molecule has 2 amide bonds. The molecule has 3 aliphatic rings. The molecule has 2 N–H and O–H groups in total. The van der Waals surface area contributed by atoms with Crippen molar-refractivity contribution < 1.29 is 37.3 Å². The van der Waals surface area contributed by atoms with Crippen molar-refractivity contribution in [1.29, 1.82) is 0 Å². The van der Waals surface area contributed by atoms with Gasteiger partial charge in [-0.1, -0.05) is 0 Å². The normalized spacial score (nSPS) is 22.8. The number of aliphatic hydroxyl groups is 1. The van der Waals surface area contributed by atoms with Gasteiger partial charge in [-0.2, -0.15) is 4.98 Å². The number of anilines is 2. The molecule has 0 bridgehead atoms. The van der Waals surface area contributed by atoms with Gasteiger partial charge >= 0.3 is 6.03 Å². The number of hydrogen-bond donors (Lipinski definition) is 2. The summed E-state index contributed by atoms with van der Waals surface area (Å²) in [5.41, 5.74) is 1.96. The number of nitrogens with zero attached hydrogens (tertiary/aromatic N) is 3. The summed E-state index contributed by atoms with van der Waals surface area (Å²) in [4.78, 5) is 21.0. The molecule has 1 unspecified atom stereocenters. The zero-order valence-electron chi connectivity index (χ0n) is 21.1. The van der Waals surface area contributed by atoms with Gasteiger partial charge in [0.05, 0.1) is 44.1 Å². The Hall–Kier alpha value is -3.09. The Morgan fingerprint density at radius 2 is 1.97 bits per heavy atom. The maximum atomic E-state index is 15.0. The van der Waals surface area contributed by atoms with Crippen LogP contribution in [0.1, 0.15) is 12.0 Å². The van der Waals surface area contributed by atoms with Crippen LogP contribution in [0.2, 0.25) is 0 Å². The number of carbonyl (C=O) groups excluding carboxylic acids is 1. The minimum Gasteiger partial charge on any atom is -0.475 e. The second-order valence-corrected chi connectivity index (χ2v) is 9.73. The third-order valence-corrected chi connectivity index (χ3v) is 7.04. The topological polar surface area (TPSA) is 96.4 Å². The van der Waals surface area contributed by atoms with E-state index in [0.29, 0.717) is 54.7 Å². The van der Waals surface area contributed by atoms with E-state index in [4.69, 9.17) is 14.2 Å². The van der Waals surface area contributed by atoms with Gasteiger partial charge in [0, 0.05) is 38.7 Å². The smallest absolute Gasteiger partial charge is 0.322 e. The number of pyridine rings is 1. The summed E-state index contributed by atoms with van der Waals surface area (Å²) >= 11 is 0. The Balaban J connectivity index is 1.39. The Morgan fingerprint density at radius 3 is 2.68 bits per heavy atom. The molecule has 2 saturated heterocycles. The van der Waals surface area contributed by atoms with Crippen molar-refractivity contribution >= 4 is 17.5 Å². The fourth-order valence-corrected chi connectivity index (χ4v) is 4.84. The van der Waals surface area contributed by atoms with Crippen LogP contribution in [0.3, 0.4) is 0 Å². The Labute approximate surface area is 218 Å². The molecule has 206 valence electrons. The minimum absolute atomic E-state index is 0.0191. The predicted molar refractivity (Wildman–Crippen MR) is 133 cm³/mol. The Bertz CT molecular complexity index is 1180. The van der Waals surface area contributed by atoms with Crippen LogP contribution in [-0.2, 0) is 9.47 Å². The van der Waals surface area contributed by atoms with Crippen LogP contribution in [0.5, 0.6) is 5.88 Å². The fraction of sp³-hybridized carbons (Fsp3) is 0.538. The highest BCUT2D eigenvalue weighted by molar-refractivity contribution is 5.91. The van der Waals surface area contributed by atoms with Gasteiger partial charge < -0.3 is 34.4 Å². The van der Waals surface area contributed by atoms with Gasteiger partial charge in [0.15, 0.2) is 0 Å². The zero-order chi connectivity index (χ0) is 26.9. The molecular weight excluding hydrogens is 505 g/mol. The quantitative estimate of drug-likeness (QED) is 0.561. The number of nitrogens with one attached hydrogen (secondary N) is 1. The number of ether oxygens (including phenoxy) is 3. The number of benzene rings is 1. The first kappa shape index (κ1) is 26.5. The van der Waals surface area contributed by atoms with Crippen molar-refractivity contribution in [2.75, 3.05) is 69.4 Å². The van der Waals surface area contributed by atoms with E-state index in [-0.39, 0.29) is 45.0 Å². The molecule has 1 aliphatic carbocycles. The number of aromatic nitrogens is 1. The molecule has 3 heterocycles. The first-order valence-corrected chi connectivity index (χ1v) is 12.7. The average molecular weight is 537 g/mol. The minimum atomic E-state index is -2.76. The van der Waals surface area contributed by atoms with E-state index in [1.807, 2.05) is 6.07 Å². The lowest BCUT2D eigenvalue weighted by Gasteiger charge is -2.33. The van der Waals surface area contributed by atoms with Crippen molar-refractivity contribution in [3.05, 3.63) is 35.6 Å². The maximum Gasteiger partial charge on any atom is 0.322 e. The molecular formula is C26H31F3N4O5. The van der Waals surface area contributed by atoms with Crippen molar-refractivity contribution in [3.63, 3.8) is 0 Å². The number of rotatable bonds is 7. The Morgan fingerprint density at radius 1 is 1.21 bits per heavy atom. The first-order chi connectivity index (χ1) is 18.2. The summed E-state index contributed by atoms with van der Waals surface area (Å²) in [6.07, 6.45) is -0.985. The lowest BCUT2D eigenvalue weighted by molar-refractivity contribution is -0.0469. The molecule has 1 aromatic heterocycles. The summed E-state index contributed by atoms with van der Waals surface area (Å²) < 4.78 is 58.5. The van der Waals surface area contributed by atoms with Crippen LogP contribution >= 0.6 is 0 Å². The van der Waals surface area contributed by atoms with Crippen LogP contribution in [0.15, 0.2) is 24.3 Å². The largest absolute Gasteiger partial charge is 0.475 e. The van der Waals surface area contributed by atoms with Gasteiger partial charge in [-0.3, -0.25) is 0 Å². The van der Waals surface area contributed by atoms with E-state index in [9.17, 15) is 23.1 Å². The molecule has 2 atom stereocenters. The molecule has 0 spiro atoms. The molecule has 3 fully saturated rings. The monoisotopic (exact) mass is 536 g/mol. The average Bonchev–Trinajstić information content (AvgIpc) is 3.57. The van der Waals surface area contributed by atoms with Crippen molar-refractivity contribution in [3.8, 4) is 17.0 Å². The van der Waals surface area contributed by atoms with Gasteiger partial charge in [-0.05, 0) is 41.8 Å². The number of aryl methyl sites for hydroxylation is 1. The van der Waals surface area contributed by atoms with Gasteiger partial charge in [0.2, 0.25) is 5.88 Å². The maximum absolute atomic E-state index is 15.0. The number of amides is 2. The molecule has 0 radical (unpaired) electrons. The lowest BCUT2D eigenvalue weighted by atomic mass is 10.00. The standard InChI is InChI=1S/C26H31F3N4O5/c1-16-10-20(27)21(30-25(35)33-4-8-37-22(15-33)19-14-26(19,28)29)13-18(16)17-11-23(32-2-6-36-7-3-32)31-24(12-17)38-9-5-34/h10-13,19,22,34H,2-9,14-15H2,1H3,(H,30,35)/t19?,22-/m1/s1. The van der Waals surface area contributed by atoms with E-state index in [0.717, 1.165) is 0 Å². The number of alkyl halides is 2. The van der Waals surface area contributed by atoms with E-state index in [2.05, 4.69) is 15.2 Å². The Kier molecular flexibility index (Phi) is 7.64. The van der Waals surface area contributed by atoms with Crippen LogP contribution in [0.4, 0.5) is 29.5 Å². The highest BCUT2D eigenvalue weighted by atomic mass is 19.3. The highest BCUT2D eigenvalue weighted by Crippen LogP contribution is 2.52. The molecule has 5 rings (SSSR count). The van der Waals surface area contributed by atoms with E-state index < -0.39 is 29.8 Å². The predicted octanol–water partition coefficient (Wildman–Crippen LogP) is 3.29. The third-order valence-electron chi connectivity index (χ3n) is 7.04. The zero-order valence-corrected chi connectivity index (χ0v) is 21.1. The van der Waals surface area contributed by atoms with Gasteiger partial charge in [-0.25, -0.2) is 18.0 Å². The first-order valence-electron chi connectivity index (χ1n) is 12.7. The SMILES string of the molecule is Cc1cc(F)c(NC(=O)N2CCO[C@@H](C3CC3(F)F)C2)cc1-c1cc(OCCO)nc(N2CCOCC2)c1. The van der Waals surface area contributed by atoms with Crippen LogP contribution in [0, 0.1) is 18.7 Å². The molecule has 38 heavy (non-hydrogen) atoms. The molecule has 1 aromatic carbocycles. The van der Waals surface area contributed by atoms with Crippen LogP contribution < -0.4 is 15.0 Å². The van der Waals surface area contributed by atoms with Crippen LogP contribution in [-0.4, -0.2) is 92.3 Å². The number of morpholine rings is 2. The molecule has 12 heteroatoms. The second kappa shape index (κ2) is 11.0. The number of aliphatic hydroxyl groups excluding tert-OH is 1. The number of hydrogen-bond acceptors (Lipinski definition) is 7. The van der Waals surface area contributed by atoms with Gasteiger partial charge in [-0.15, -0.1) is 0 Å². The van der Waals surface area contributed by atoms with Crippen molar-refractivity contribution in [2.24, 2.45) is 5.92 Å². The lowest BCUT2D eigenvalue weighted by Crippen LogP contribution is -2.48. The van der Waals surface area contributed by atoms with E-state index >= 15 is 0 Å². The summed E-state index contributed by atoms with van der Waals surface area (Å²) in [5, 5.41) is 11.8. The fourth-order valence-electron chi connectivity index (χ4n) is 4.84. The summed E-state index contributed by atoms with van der Waals surface area (Å²) in [6, 6.07) is 5.87. The summed E-state index contributed by atoms with van der Waals surface area (Å²) in [7, 11) is 0. The highest BCUT2D eigenvalue weighted by Gasteiger charge is 2.61. The van der Waals surface area contributed by atoms with E-state index in [1.54, 1.807) is 19.1 Å². The number of carbonyl (C=O) groups is 1. The number of halogens is 3. The van der Waals surface area contributed by atoms with Crippen molar-refractivity contribution in [2.45, 2.75) is 25.4 Å². The van der Waals surface area contributed by atoms with Gasteiger partial charge in [0.25, 0.3) is 5.92 Å². The molecule has 2 aliphatic heterocycles. The molecule has 2 aromatic rings. The summed E-state index contributed by atoms with van der Waals surface area (Å²) in [6.45, 7) is 4.45. The molecule has 1 saturated carbocycles. The number of urea groups is 1. The summed E-state index contributed by atoms with van der Waals surface area (Å²) in [5.74, 6) is -3.30. The third kappa shape index (κ3) is 5.82. The van der Waals surface area contributed by atoms with Crippen molar-refractivity contribution in [1.82, 2.24) is 9.88 Å². The van der Waals surface area contributed by atoms with Crippen LogP contribution in [0.25, 0.3) is 11.1 Å². The van der Waals surface area contributed by atoms with Gasteiger partial charge in [0.1, 0.15) is 18.2 Å². The molecule has 9 nitrogen and oxygen atoms in total. The second-order valence-electron chi connectivity index (χ2n) is 9.73.